The Morgan fingerprint density at radius 3 is 2.56 bits per heavy atom. The lowest BCUT2D eigenvalue weighted by atomic mass is 10.1. The van der Waals surface area contributed by atoms with Gasteiger partial charge in [0, 0.05) is 0 Å². The highest BCUT2D eigenvalue weighted by Gasteiger charge is 2.16. The molecule has 0 fully saturated rings. The molecule has 1 aromatic rings. The van der Waals surface area contributed by atoms with E-state index in [-0.39, 0.29) is 6.10 Å². The molecule has 1 aromatic heterocycles. The number of aryl methyl sites for hydroxylation is 1. The van der Waals surface area contributed by atoms with Crippen LogP contribution in [-0.4, -0.2) is 21.3 Å². The Kier molecular flexibility index (Phi) is 4.18. The summed E-state index contributed by atoms with van der Waals surface area (Å²) >= 11 is 5.02. The maximum Gasteiger partial charge on any atom is 0.244 e. The Labute approximate surface area is 101 Å². The van der Waals surface area contributed by atoms with Gasteiger partial charge in [-0.25, -0.2) is 0 Å². The van der Waals surface area contributed by atoms with Gasteiger partial charge in [-0.05, 0) is 32.8 Å². The fourth-order valence-corrected chi connectivity index (χ4v) is 1.47. The van der Waals surface area contributed by atoms with Gasteiger partial charge in [0.2, 0.25) is 5.88 Å². The van der Waals surface area contributed by atoms with Gasteiger partial charge in [-0.1, -0.05) is 19.1 Å². The molecule has 1 unspecified atom stereocenters. The summed E-state index contributed by atoms with van der Waals surface area (Å²) in [5.74, 6) is 0.435. The van der Waals surface area contributed by atoms with Crippen molar-refractivity contribution in [2.75, 3.05) is 0 Å². The molecule has 0 spiro atoms. The lowest BCUT2D eigenvalue weighted by Crippen LogP contribution is -2.19. The van der Waals surface area contributed by atoms with E-state index in [1.54, 1.807) is 0 Å². The quantitative estimate of drug-likeness (QED) is 0.813. The van der Waals surface area contributed by atoms with Crippen LogP contribution in [0.2, 0.25) is 0 Å². The molecule has 4 nitrogen and oxygen atoms in total. The first-order valence-electron chi connectivity index (χ1n) is 5.27. The number of nitrogens with zero attached hydrogens (tertiary/aromatic N) is 2. The molecule has 0 aromatic carbocycles. The van der Waals surface area contributed by atoms with E-state index in [0.717, 1.165) is 17.7 Å². The van der Waals surface area contributed by atoms with Crippen LogP contribution in [0.3, 0.4) is 0 Å². The molecule has 0 aliphatic rings. The number of hydrogen-bond donors (Lipinski definition) is 1. The van der Waals surface area contributed by atoms with Crippen molar-refractivity contribution in [1.82, 2.24) is 10.2 Å². The average Bonchev–Trinajstić information content (AvgIpc) is 2.23. The van der Waals surface area contributed by atoms with Crippen LogP contribution < -0.4 is 10.5 Å². The summed E-state index contributed by atoms with van der Waals surface area (Å²) in [4.78, 5) is 0.300. The van der Waals surface area contributed by atoms with Gasteiger partial charge in [0.25, 0.3) is 0 Å². The Hall–Kier alpha value is -1.23. The van der Waals surface area contributed by atoms with Gasteiger partial charge < -0.3 is 10.5 Å². The topological polar surface area (TPSA) is 61.0 Å². The summed E-state index contributed by atoms with van der Waals surface area (Å²) in [6, 6.07) is 0. The number of hydrogen-bond acceptors (Lipinski definition) is 4. The SMILES string of the molecule is CCC(C)Oc1nnc(C)c(C)c1C(N)=S. The summed E-state index contributed by atoms with van der Waals surface area (Å²) in [6.07, 6.45) is 0.968. The summed E-state index contributed by atoms with van der Waals surface area (Å²) in [6.45, 7) is 7.80. The van der Waals surface area contributed by atoms with Crippen LogP contribution in [0.5, 0.6) is 5.88 Å². The van der Waals surface area contributed by atoms with E-state index in [1.165, 1.54) is 0 Å². The molecule has 0 amide bonds. The molecule has 1 rings (SSSR count). The molecular weight excluding hydrogens is 222 g/mol. The van der Waals surface area contributed by atoms with Crippen molar-refractivity contribution in [3.8, 4) is 5.88 Å². The first-order valence-corrected chi connectivity index (χ1v) is 5.68. The predicted molar refractivity (Wildman–Crippen MR) is 67.8 cm³/mol. The summed E-state index contributed by atoms with van der Waals surface area (Å²) in [5.41, 5.74) is 8.13. The van der Waals surface area contributed by atoms with Gasteiger partial charge in [-0.3, -0.25) is 0 Å². The lowest BCUT2D eigenvalue weighted by molar-refractivity contribution is 0.205. The predicted octanol–water partition coefficient (Wildman–Crippen LogP) is 1.90. The normalized spacial score (nSPS) is 12.2. The van der Waals surface area contributed by atoms with Crippen LogP contribution in [0.15, 0.2) is 0 Å². The van der Waals surface area contributed by atoms with E-state index >= 15 is 0 Å². The Morgan fingerprint density at radius 2 is 2.06 bits per heavy atom. The molecule has 0 radical (unpaired) electrons. The monoisotopic (exact) mass is 239 g/mol. The van der Waals surface area contributed by atoms with Crippen LogP contribution in [0.4, 0.5) is 0 Å². The molecule has 5 heteroatoms. The number of aromatic nitrogens is 2. The highest BCUT2D eigenvalue weighted by molar-refractivity contribution is 7.80. The summed E-state index contributed by atoms with van der Waals surface area (Å²) in [5, 5.41) is 8.03. The summed E-state index contributed by atoms with van der Waals surface area (Å²) < 4.78 is 5.65. The standard InChI is InChI=1S/C11H17N3OS/c1-5-6(2)15-11-9(10(12)16)7(3)8(4)13-14-11/h6H,5H2,1-4H3,(H2,12,16). The van der Waals surface area contributed by atoms with Gasteiger partial charge in [0.05, 0.1) is 17.4 Å². The third-order valence-electron chi connectivity index (χ3n) is 2.56. The van der Waals surface area contributed by atoms with Crippen LogP contribution in [0.1, 0.15) is 37.1 Å². The molecule has 0 saturated carbocycles. The molecule has 0 aliphatic heterocycles. The van der Waals surface area contributed by atoms with E-state index < -0.39 is 0 Å². The average molecular weight is 239 g/mol. The van der Waals surface area contributed by atoms with Crippen molar-refractivity contribution in [2.45, 2.75) is 40.2 Å². The molecule has 0 bridgehead atoms. The van der Waals surface area contributed by atoms with Gasteiger partial charge in [0.1, 0.15) is 4.99 Å². The molecule has 16 heavy (non-hydrogen) atoms. The highest BCUT2D eigenvalue weighted by atomic mass is 32.1. The Balaban J connectivity index is 3.18. The Morgan fingerprint density at radius 1 is 1.44 bits per heavy atom. The third-order valence-corrected chi connectivity index (χ3v) is 2.76. The van der Waals surface area contributed by atoms with Crippen LogP contribution in [0, 0.1) is 13.8 Å². The molecule has 2 N–H and O–H groups in total. The zero-order chi connectivity index (χ0) is 12.3. The largest absolute Gasteiger partial charge is 0.473 e. The molecule has 0 saturated heterocycles. The first-order chi connectivity index (χ1) is 7.47. The number of thiocarbonyl (C=S) groups is 1. The maximum absolute atomic E-state index is 5.69. The van der Waals surface area contributed by atoms with Crippen LogP contribution in [-0.2, 0) is 0 Å². The van der Waals surface area contributed by atoms with Crippen molar-refractivity contribution in [1.29, 1.82) is 0 Å². The minimum absolute atomic E-state index is 0.0736. The van der Waals surface area contributed by atoms with Gasteiger partial charge in [-0.15, -0.1) is 5.10 Å². The fraction of sp³-hybridized carbons (Fsp3) is 0.545. The molecule has 88 valence electrons. The third kappa shape index (κ3) is 2.66. The zero-order valence-electron chi connectivity index (χ0n) is 10.1. The van der Waals surface area contributed by atoms with E-state index in [9.17, 15) is 0 Å². The smallest absolute Gasteiger partial charge is 0.244 e. The minimum Gasteiger partial charge on any atom is -0.473 e. The van der Waals surface area contributed by atoms with Crippen molar-refractivity contribution < 1.29 is 4.74 Å². The molecule has 1 heterocycles. The van der Waals surface area contributed by atoms with Crippen LogP contribution in [0.25, 0.3) is 0 Å². The van der Waals surface area contributed by atoms with E-state index in [2.05, 4.69) is 10.2 Å². The van der Waals surface area contributed by atoms with Gasteiger partial charge >= 0.3 is 0 Å². The maximum atomic E-state index is 5.69. The number of nitrogens with two attached hydrogens (primary N) is 1. The number of rotatable bonds is 4. The van der Waals surface area contributed by atoms with Crippen LogP contribution >= 0.6 is 12.2 Å². The van der Waals surface area contributed by atoms with Crippen molar-refractivity contribution in [2.24, 2.45) is 5.73 Å². The van der Waals surface area contributed by atoms with E-state index in [4.69, 9.17) is 22.7 Å². The molecule has 0 aliphatic carbocycles. The molecular formula is C11H17N3OS. The van der Waals surface area contributed by atoms with Gasteiger partial charge in [-0.2, -0.15) is 5.10 Å². The summed E-state index contributed by atoms with van der Waals surface area (Å²) in [7, 11) is 0. The van der Waals surface area contributed by atoms with Crippen molar-refractivity contribution in [3.05, 3.63) is 16.8 Å². The second kappa shape index (κ2) is 5.21. The second-order valence-corrected chi connectivity index (χ2v) is 4.23. The fourth-order valence-electron chi connectivity index (χ4n) is 1.23. The highest BCUT2D eigenvalue weighted by Crippen LogP contribution is 2.21. The number of ether oxygens (including phenoxy) is 1. The van der Waals surface area contributed by atoms with Crippen molar-refractivity contribution >= 4 is 17.2 Å². The molecule has 1 atom stereocenters. The minimum atomic E-state index is 0.0736. The Bertz CT molecular complexity index is 406. The van der Waals surface area contributed by atoms with Gasteiger partial charge in [0.15, 0.2) is 0 Å². The first kappa shape index (κ1) is 12.8. The van der Waals surface area contributed by atoms with E-state index in [1.807, 2.05) is 27.7 Å². The van der Waals surface area contributed by atoms with Crippen molar-refractivity contribution in [3.63, 3.8) is 0 Å². The van der Waals surface area contributed by atoms with E-state index in [0.29, 0.717) is 16.4 Å². The zero-order valence-corrected chi connectivity index (χ0v) is 10.9. The lowest BCUT2D eigenvalue weighted by Gasteiger charge is -2.16. The second-order valence-electron chi connectivity index (χ2n) is 3.79.